The molecule has 0 aromatic carbocycles. The van der Waals surface area contributed by atoms with E-state index in [0.717, 1.165) is 0 Å². The number of hydrogen-bond acceptors (Lipinski definition) is 4. The van der Waals surface area contributed by atoms with Gasteiger partial charge in [-0.3, -0.25) is 9.40 Å². The first kappa shape index (κ1) is 12.8. The van der Waals surface area contributed by atoms with E-state index in [2.05, 4.69) is 14.8 Å². The maximum absolute atomic E-state index is 12.1. The molecule has 2 heterocycles. The number of nitrogens with one attached hydrogen (secondary N) is 1. The number of anilines is 1. The molecule has 0 unspecified atom stereocenters. The van der Waals surface area contributed by atoms with Gasteiger partial charge in [-0.15, -0.1) is 0 Å². The molecule has 0 saturated heterocycles. The molecule has 0 atom stereocenters. The van der Waals surface area contributed by atoms with Crippen LogP contribution in [0.1, 0.15) is 5.69 Å². The van der Waals surface area contributed by atoms with Crippen LogP contribution in [0.15, 0.2) is 29.4 Å². The topological polar surface area (TPSA) is 76.9 Å². The smallest absolute Gasteiger partial charge is 0.266 e. The van der Waals surface area contributed by atoms with Crippen LogP contribution in [0.3, 0.4) is 0 Å². The van der Waals surface area contributed by atoms with Gasteiger partial charge in [0.05, 0.1) is 10.7 Å². The molecule has 0 aliphatic carbocycles. The van der Waals surface area contributed by atoms with Crippen molar-refractivity contribution < 1.29 is 8.42 Å². The van der Waals surface area contributed by atoms with Crippen molar-refractivity contribution in [3.8, 4) is 0 Å². The van der Waals surface area contributed by atoms with E-state index in [1.807, 2.05) is 0 Å². The fourth-order valence-corrected chi connectivity index (χ4v) is 2.81. The normalized spacial score (nSPS) is 11.5. The van der Waals surface area contributed by atoms with Crippen molar-refractivity contribution in [2.24, 2.45) is 7.05 Å². The summed E-state index contributed by atoms with van der Waals surface area (Å²) in [7, 11) is -2.02. The van der Waals surface area contributed by atoms with Gasteiger partial charge in [0.1, 0.15) is 10.7 Å². The maximum atomic E-state index is 12.1. The summed E-state index contributed by atoms with van der Waals surface area (Å²) in [6.07, 6.45) is 2.81. The SMILES string of the molecule is Cc1nn(C)cc1S(=O)(=O)Nc1ccc(Cl)cn1. The Labute approximate surface area is 110 Å². The number of rotatable bonds is 3. The van der Waals surface area contributed by atoms with Gasteiger partial charge in [-0.25, -0.2) is 13.4 Å². The van der Waals surface area contributed by atoms with Crippen molar-refractivity contribution in [2.75, 3.05) is 4.72 Å². The largest absolute Gasteiger partial charge is 0.274 e. The summed E-state index contributed by atoms with van der Waals surface area (Å²) in [5.41, 5.74) is 0.430. The van der Waals surface area contributed by atoms with Gasteiger partial charge < -0.3 is 0 Å². The average molecular weight is 287 g/mol. The quantitative estimate of drug-likeness (QED) is 0.929. The van der Waals surface area contributed by atoms with Crippen LogP contribution in [-0.2, 0) is 17.1 Å². The highest BCUT2D eigenvalue weighted by molar-refractivity contribution is 7.92. The molecule has 0 amide bonds. The summed E-state index contributed by atoms with van der Waals surface area (Å²) in [4.78, 5) is 4.00. The van der Waals surface area contributed by atoms with Crippen LogP contribution in [0.5, 0.6) is 0 Å². The van der Waals surface area contributed by atoms with E-state index in [9.17, 15) is 8.42 Å². The van der Waals surface area contributed by atoms with Crippen LogP contribution in [0.2, 0.25) is 5.02 Å². The fraction of sp³-hybridized carbons (Fsp3) is 0.200. The monoisotopic (exact) mass is 286 g/mol. The molecule has 6 nitrogen and oxygen atoms in total. The minimum absolute atomic E-state index is 0.127. The van der Waals surface area contributed by atoms with Crippen molar-refractivity contribution in [1.82, 2.24) is 14.8 Å². The highest BCUT2D eigenvalue weighted by Gasteiger charge is 2.20. The Bertz CT molecular complexity index is 664. The van der Waals surface area contributed by atoms with E-state index >= 15 is 0 Å². The van der Waals surface area contributed by atoms with Crippen LogP contribution >= 0.6 is 11.6 Å². The van der Waals surface area contributed by atoms with Crippen molar-refractivity contribution in [2.45, 2.75) is 11.8 Å². The molecule has 2 rings (SSSR count). The molecule has 0 bridgehead atoms. The first-order valence-corrected chi connectivity index (χ1v) is 6.89. The number of hydrogen-bond donors (Lipinski definition) is 1. The highest BCUT2D eigenvalue weighted by atomic mass is 35.5. The van der Waals surface area contributed by atoms with Crippen molar-refractivity contribution >= 4 is 27.4 Å². The Morgan fingerprint density at radius 1 is 1.39 bits per heavy atom. The summed E-state index contributed by atoms with van der Waals surface area (Å²) >= 11 is 5.68. The lowest BCUT2D eigenvalue weighted by Gasteiger charge is -2.05. The third-order valence-electron chi connectivity index (χ3n) is 2.22. The molecule has 1 N–H and O–H groups in total. The maximum Gasteiger partial charge on any atom is 0.266 e. The standard InChI is InChI=1S/C10H11ClN4O2S/c1-7-9(6-15(2)13-7)18(16,17)14-10-4-3-8(11)5-12-10/h3-6H,1-2H3,(H,12,14). The second-order valence-electron chi connectivity index (χ2n) is 3.72. The van der Waals surface area contributed by atoms with Gasteiger partial charge in [0.25, 0.3) is 10.0 Å². The Kier molecular flexibility index (Phi) is 3.27. The van der Waals surface area contributed by atoms with Gasteiger partial charge in [0.2, 0.25) is 0 Å². The molecule has 0 radical (unpaired) electrons. The molecule has 0 spiro atoms. The lowest BCUT2D eigenvalue weighted by atomic mass is 10.5. The number of sulfonamides is 1. The van der Waals surface area contributed by atoms with Gasteiger partial charge in [-0.2, -0.15) is 5.10 Å². The van der Waals surface area contributed by atoms with E-state index < -0.39 is 10.0 Å². The zero-order valence-corrected chi connectivity index (χ0v) is 11.3. The molecule has 0 aliphatic heterocycles. The van der Waals surface area contributed by atoms with Crippen molar-refractivity contribution in [3.63, 3.8) is 0 Å². The predicted octanol–water partition coefficient (Wildman–Crippen LogP) is 1.58. The fourth-order valence-electron chi connectivity index (χ4n) is 1.47. The third kappa shape index (κ3) is 2.62. The minimum Gasteiger partial charge on any atom is -0.274 e. The lowest BCUT2D eigenvalue weighted by Crippen LogP contribution is -2.14. The van der Waals surface area contributed by atoms with Crippen molar-refractivity contribution in [1.29, 1.82) is 0 Å². The number of aryl methyl sites for hydroxylation is 2. The van der Waals surface area contributed by atoms with Gasteiger partial charge in [0.15, 0.2) is 0 Å². The van der Waals surface area contributed by atoms with Gasteiger partial charge in [0, 0.05) is 19.4 Å². The molecular weight excluding hydrogens is 276 g/mol. The Hall–Kier alpha value is -1.60. The summed E-state index contributed by atoms with van der Waals surface area (Å²) in [6, 6.07) is 3.05. The van der Waals surface area contributed by atoms with E-state index in [4.69, 9.17) is 11.6 Å². The zero-order valence-electron chi connectivity index (χ0n) is 9.75. The van der Waals surface area contributed by atoms with Crippen LogP contribution in [0.25, 0.3) is 0 Å². The Balaban J connectivity index is 2.33. The van der Waals surface area contributed by atoms with Crippen LogP contribution < -0.4 is 4.72 Å². The summed E-state index contributed by atoms with van der Waals surface area (Å²) < 4.78 is 28.0. The lowest BCUT2D eigenvalue weighted by molar-refractivity contribution is 0.600. The molecule has 8 heteroatoms. The Morgan fingerprint density at radius 3 is 2.61 bits per heavy atom. The summed E-state index contributed by atoms with van der Waals surface area (Å²) in [6.45, 7) is 1.63. The molecule has 0 fully saturated rings. The molecule has 0 saturated carbocycles. The molecule has 2 aromatic heterocycles. The first-order chi connectivity index (χ1) is 8.38. The third-order valence-corrected chi connectivity index (χ3v) is 3.91. The average Bonchev–Trinajstić information content (AvgIpc) is 2.62. The van der Waals surface area contributed by atoms with Gasteiger partial charge >= 0.3 is 0 Å². The zero-order chi connectivity index (χ0) is 13.3. The first-order valence-electron chi connectivity index (χ1n) is 5.03. The molecular formula is C10H11ClN4O2S. The number of halogens is 1. The Morgan fingerprint density at radius 2 is 2.11 bits per heavy atom. The molecule has 0 aliphatic rings. The molecule has 2 aromatic rings. The molecule has 18 heavy (non-hydrogen) atoms. The van der Waals surface area contributed by atoms with Crippen LogP contribution in [0, 0.1) is 6.92 Å². The van der Waals surface area contributed by atoms with E-state index in [-0.39, 0.29) is 10.7 Å². The minimum atomic E-state index is -3.67. The second kappa shape index (κ2) is 4.58. The van der Waals surface area contributed by atoms with Gasteiger partial charge in [-0.1, -0.05) is 11.6 Å². The highest BCUT2D eigenvalue weighted by Crippen LogP contribution is 2.17. The molecule has 96 valence electrons. The second-order valence-corrected chi connectivity index (χ2v) is 5.81. The summed E-state index contributed by atoms with van der Waals surface area (Å²) in [5.74, 6) is 0.211. The summed E-state index contributed by atoms with van der Waals surface area (Å²) in [5, 5.41) is 4.43. The number of nitrogens with zero attached hydrogens (tertiary/aromatic N) is 3. The number of aromatic nitrogens is 3. The van der Waals surface area contributed by atoms with Crippen LogP contribution in [-0.4, -0.2) is 23.2 Å². The predicted molar refractivity (Wildman–Crippen MR) is 68.0 cm³/mol. The van der Waals surface area contributed by atoms with E-state index in [1.54, 1.807) is 20.0 Å². The van der Waals surface area contributed by atoms with Crippen LogP contribution in [0.4, 0.5) is 5.82 Å². The number of pyridine rings is 1. The van der Waals surface area contributed by atoms with Gasteiger partial charge in [-0.05, 0) is 19.1 Å². The van der Waals surface area contributed by atoms with E-state index in [1.165, 1.54) is 23.1 Å². The van der Waals surface area contributed by atoms with Crippen molar-refractivity contribution in [3.05, 3.63) is 35.2 Å². The van der Waals surface area contributed by atoms with E-state index in [0.29, 0.717) is 10.7 Å².